The van der Waals surface area contributed by atoms with Crippen LogP contribution in [0.3, 0.4) is 0 Å². The fraction of sp³-hybridized carbons (Fsp3) is 0.267. The van der Waals surface area contributed by atoms with Gasteiger partial charge in [0, 0.05) is 12.6 Å². The molecule has 1 unspecified atom stereocenters. The van der Waals surface area contributed by atoms with Gasteiger partial charge in [-0.1, -0.05) is 30.3 Å². The molecule has 4 heteroatoms. The molecule has 0 spiro atoms. The first kappa shape index (κ1) is 13.8. The van der Waals surface area contributed by atoms with Gasteiger partial charge in [0.05, 0.1) is 0 Å². The van der Waals surface area contributed by atoms with Crippen molar-refractivity contribution in [3.63, 3.8) is 0 Å². The topological polar surface area (TPSA) is 49.3 Å². The Morgan fingerprint density at radius 1 is 1.32 bits per heavy atom. The molecule has 0 saturated carbocycles. The van der Waals surface area contributed by atoms with Crippen LogP contribution in [0.1, 0.15) is 27.7 Å². The second kappa shape index (κ2) is 6.50. The first-order valence-corrected chi connectivity index (χ1v) is 7.11. The van der Waals surface area contributed by atoms with Crippen molar-refractivity contribution in [3.8, 4) is 0 Å². The minimum atomic E-state index is -0.845. The fourth-order valence-corrected chi connectivity index (χ4v) is 2.75. The van der Waals surface area contributed by atoms with Crippen LogP contribution in [0.25, 0.3) is 0 Å². The summed E-state index contributed by atoms with van der Waals surface area (Å²) in [6.07, 6.45) is 0.938. The number of benzene rings is 1. The van der Waals surface area contributed by atoms with Crippen LogP contribution in [0.2, 0.25) is 0 Å². The normalized spacial score (nSPS) is 12.3. The molecule has 3 nitrogen and oxygen atoms in total. The number of rotatable bonds is 6. The summed E-state index contributed by atoms with van der Waals surface area (Å²) in [5, 5.41) is 14.2. The maximum absolute atomic E-state index is 11.0. The molecule has 0 fully saturated rings. The SMILES string of the molecule is CC(Cc1ccccc1)NCc1ccsc1C(=O)O. The molecule has 0 aliphatic carbocycles. The zero-order chi connectivity index (χ0) is 13.7. The smallest absolute Gasteiger partial charge is 0.346 e. The Bertz CT molecular complexity index is 536. The first-order chi connectivity index (χ1) is 9.16. The quantitative estimate of drug-likeness (QED) is 0.851. The number of hydrogen-bond donors (Lipinski definition) is 2. The Kier molecular flexibility index (Phi) is 4.71. The second-order valence-corrected chi connectivity index (χ2v) is 5.47. The molecule has 0 radical (unpaired) electrons. The maximum atomic E-state index is 11.0. The third-order valence-corrected chi connectivity index (χ3v) is 3.91. The van der Waals surface area contributed by atoms with E-state index in [2.05, 4.69) is 24.4 Å². The lowest BCUT2D eigenvalue weighted by Crippen LogP contribution is -2.27. The predicted octanol–water partition coefficient (Wildman–Crippen LogP) is 3.17. The third-order valence-electron chi connectivity index (χ3n) is 2.97. The van der Waals surface area contributed by atoms with Gasteiger partial charge in [0.1, 0.15) is 4.88 Å². The van der Waals surface area contributed by atoms with Crippen LogP contribution in [-0.4, -0.2) is 17.1 Å². The van der Waals surface area contributed by atoms with Crippen LogP contribution in [0.4, 0.5) is 0 Å². The minimum Gasteiger partial charge on any atom is -0.477 e. The van der Waals surface area contributed by atoms with Crippen LogP contribution >= 0.6 is 11.3 Å². The summed E-state index contributed by atoms with van der Waals surface area (Å²) in [6.45, 7) is 2.71. The summed E-state index contributed by atoms with van der Waals surface area (Å²) in [6, 6.07) is 12.5. The van der Waals surface area contributed by atoms with Gasteiger partial charge >= 0.3 is 5.97 Å². The molecule has 2 rings (SSSR count). The molecule has 2 aromatic rings. The molecule has 100 valence electrons. The van der Waals surface area contributed by atoms with Crippen LogP contribution in [0.5, 0.6) is 0 Å². The molecule has 1 aromatic carbocycles. The second-order valence-electron chi connectivity index (χ2n) is 4.55. The predicted molar refractivity (Wildman–Crippen MR) is 77.7 cm³/mol. The number of carbonyl (C=O) groups is 1. The van der Waals surface area contributed by atoms with E-state index < -0.39 is 5.97 Å². The molecule has 1 atom stereocenters. The molecule has 0 bridgehead atoms. The summed E-state index contributed by atoms with van der Waals surface area (Å²) >= 11 is 1.27. The van der Waals surface area contributed by atoms with Gasteiger partial charge in [0.2, 0.25) is 0 Å². The van der Waals surface area contributed by atoms with Crippen molar-refractivity contribution in [1.29, 1.82) is 0 Å². The van der Waals surface area contributed by atoms with Gasteiger partial charge in [-0.25, -0.2) is 4.79 Å². The fourth-order valence-electron chi connectivity index (χ4n) is 1.99. The molecule has 0 amide bonds. The van der Waals surface area contributed by atoms with E-state index in [1.807, 2.05) is 29.6 Å². The molecule has 1 heterocycles. The Hall–Kier alpha value is -1.65. The van der Waals surface area contributed by atoms with E-state index >= 15 is 0 Å². The highest BCUT2D eigenvalue weighted by Gasteiger charge is 2.12. The lowest BCUT2D eigenvalue weighted by atomic mass is 10.1. The van der Waals surface area contributed by atoms with E-state index in [0.717, 1.165) is 12.0 Å². The van der Waals surface area contributed by atoms with Crippen LogP contribution in [-0.2, 0) is 13.0 Å². The van der Waals surface area contributed by atoms with Gasteiger partial charge in [0.25, 0.3) is 0 Å². The third kappa shape index (κ3) is 3.91. The molecule has 0 aliphatic rings. The molecular weight excluding hydrogens is 258 g/mol. The summed E-state index contributed by atoms with van der Waals surface area (Å²) < 4.78 is 0. The molecular formula is C15H17NO2S. The molecule has 1 aromatic heterocycles. The number of hydrogen-bond acceptors (Lipinski definition) is 3. The Morgan fingerprint density at radius 3 is 2.74 bits per heavy atom. The highest BCUT2D eigenvalue weighted by molar-refractivity contribution is 7.12. The van der Waals surface area contributed by atoms with Gasteiger partial charge < -0.3 is 10.4 Å². The number of carboxylic acid groups (broad SMARTS) is 1. The van der Waals surface area contributed by atoms with Gasteiger partial charge in [-0.3, -0.25) is 0 Å². The van der Waals surface area contributed by atoms with Gasteiger partial charge in [-0.05, 0) is 35.9 Å². The zero-order valence-electron chi connectivity index (χ0n) is 10.8. The van der Waals surface area contributed by atoms with Gasteiger partial charge in [-0.2, -0.15) is 0 Å². The monoisotopic (exact) mass is 275 g/mol. The molecule has 2 N–H and O–H groups in total. The van der Waals surface area contributed by atoms with Crippen LogP contribution in [0, 0.1) is 0 Å². The van der Waals surface area contributed by atoms with E-state index in [1.54, 1.807) is 0 Å². The van der Waals surface area contributed by atoms with Crippen LogP contribution in [0.15, 0.2) is 41.8 Å². The van der Waals surface area contributed by atoms with Crippen molar-refractivity contribution in [2.24, 2.45) is 0 Å². The average molecular weight is 275 g/mol. The van der Waals surface area contributed by atoms with E-state index in [9.17, 15) is 4.79 Å². The number of carboxylic acids is 1. The number of aromatic carboxylic acids is 1. The maximum Gasteiger partial charge on any atom is 0.346 e. The van der Waals surface area contributed by atoms with Crippen molar-refractivity contribution < 1.29 is 9.90 Å². The van der Waals surface area contributed by atoms with Crippen molar-refractivity contribution in [1.82, 2.24) is 5.32 Å². The highest BCUT2D eigenvalue weighted by atomic mass is 32.1. The Morgan fingerprint density at radius 2 is 2.05 bits per heavy atom. The molecule has 0 saturated heterocycles. The van der Waals surface area contributed by atoms with Gasteiger partial charge in [-0.15, -0.1) is 11.3 Å². The Labute approximate surface area is 116 Å². The van der Waals surface area contributed by atoms with E-state index in [4.69, 9.17) is 5.11 Å². The minimum absolute atomic E-state index is 0.309. The van der Waals surface area contributed by atoms with Crippen molar-refractivity contribution in [2.45, 2.75) is 25.9 Å². The van der Waals surface area contributed by atoms with E-state index in [1.165, 1.54) is 16.9 Å². The van der Waals surface area contributed by atoms with Crippen molar-refractivity contribution in [3.05, 3.63) is 57.8 Å². The number of thiophene rings is 1. The molecule has 19 heavy (non-hydrogen) atoms. The Balaban J connectivity index is 1.88. The van der Waals surface area contributed by atoms with E-state index in [-0.39, 0.29) is 0 Å². The highest BCUT2D eigenvalue weighted by Crippen LogP contribution is 2.16. The van der Waals surface area contributed by atoms with Gasteiger partial charge in [0.15, 0.2) is 0 Å². The summed E-state index contributed by atoms with van der Waals surface area (Å²) in [7, 11) is 0. The molecule has 0 aliphatic heterocycles. The largest absolute Gasteiger partial charge is 0.477 e. The summed E-state index contributed by atoms with van der Waals surface area (Å²) in [5.74, 6) is -0.845. The summed E-state index contributed by atoms with van der Waals surface area (Å²) in [5.41, 5.74) is 2.14. The van der Waals surface area contributed by atoms with Crippen LogP contribution < -0.4 is 5.32 Å². The van der Waals surface area contributed by atoms with Crippen molar-refractivity contribution in [2.75, 3.05) is 0 Å². The van der Waals surface area contributed by atoms with Crippen molar-refractivity contribution >= 4 is 17.3 Å². The number of nitrogens with one attached hydrogen (secondary N) is 1. The lowest BCUT2D eigenvalue weighted by Gasteiger charge is -2.13. The zero-order valence-corrected chi connectivity index (χ0v) is 11.6. The van der Waals surface area contributed by atoms with E-state index in [0.29, 0.717) is 17.5 Å². The average Bonchev–Trinajstić information content (AvgIpc) is 2.86. The first-order valence-electron chi connectivity index (χ1n) is 6.24. The lowest BCUT2D eigenvalue weighted by molar-refractivity contribution is 0.0701. The standard InChI is InChI=1S/C15H17NO2S/c1-11(9-12-5-3-2-4-6-12)16-10-13-7-8-19-14(13)15(17)18/h2-8,11,16H,9-10H2,1H3,(H,17,18). The summed E-state index contributed by atoms with van der Waals surface area (Å²) in [4.78, 5) is 11.4.